The van der Waals surface area contributed by atoms with E-state index in [2.05, 4.69) is 0 Å². The minimum atomic E-state index is -1.36. The van der Waals surface area contributed by atoms with Crippen LogP contribution in [-0.2, 0) is 24.7 Å². The number of para-hydroxylation sites is 1. The molecule has 1 fully saturated rings. The highest BCUT2D eigenvalue weighted by atomic mass is 16.5. The molecule has 7 nitrogen and oxygen atoms in total. The molecule has 2 aliphatic heterocycles. The van der Waals surface area contributed by atoms with Crippen molar-refractivity contribution >= 4 is 23.5 Å². The lowest BCUT2D eigenvalue weighted by Crippen LogP contribution is -2.72. The molecular weight excluding hydrogens is 420 g/mol. The van der Waals surface area contributed by atoms with Crippen molar-refractivity contribution in [3.05, 3.63) is 102 Å². The maximum atomic E-state index is 13.7. The molecule has 2 aliphatic rings. The molecule has 0 unspecified atom stereocenters. The number of anilines is 1. The van der Waals surface area contributed by atoms with E-state index in [1.165, 1.54) is 16.9 Å². The SMILES string of the molecule is COC(=O)[C@@H](c1ccccc1)N1C(=O)CN2C(=O)[C@@H](O)[C@]2(c2ccccc2)c2ccccc21. The molecule has 0 radical (unpaired) electrons. The van der Waals surface area contributed by atoms with Gasteiger partial charge in [-0.2, -0.15) is 0 Å². The highest BCUT2D eigenvalue weighted by molar-refractivity contribution is 6.07. The average Bonchev–Trinajstić information content (AvgIpc) is 2.97. The average molecular weight is 442 g/mol. The number of nitrogens with zero attached hydrogens (tertiary/aromatic N) is 2. The smallest absolute Gasteiger partial charge is 0.333 e. The molecular formula is C26H22N2O5. The number of aliphatic hydroxyl groups is 1. The number of carbonyl (C=O) groups excluding carboxylic acids is 3. The normalized spacial score (nSPS) is 22.5. The molecule has 0 spiro atoms. The topological polar surface area (TPSA) is 87.2 Å². The Balaban J connectivity index is 1.78. The number of aliphatic hydroxyl groups excluding tert-OH is 1. The van der Waals surface area contributed by atoms with E-state index in [4.69, 9.17) is 4.74 Å². The van der Waals surface area contributed by atoms with Gasteiger partial charge in [-0.25, -0.2) is 4.79 Å². The van der Waals surface area contributed by atoms with Crippen molar-refractivity contribution < 1.29 is 24.2 Å². The molecule has 0 aromatic heterocycles. The van der Waals surface area contributed by atoms with Crippen LogP contribution in [-0.4, -0.2) is 47.5 Å². The van der Waals surface area contributed by atoms with E-state index < -0.39 is 35.5 Å². The Morgan fingerprint density at radius 3 is 2.24 bits per heavy atom. The number of ether oxygens (including phenoxy) is 1. The van der Waals surface area contributed by atoms with Crippen LogP contribution in [0.3, 0.4) is 0 Å². The number of hydrogen-bond acceptors (Lipinski definition) is 5. The van der Waals surface area contributed by atoms with E-state index in [1.807, 2.05) is 36.4 Å². The van der Waals surface area contributed by atoms with Gasteiger partial charge < -0.3 is 14.7 Å². The summed E-state index contributed by atoms with van der Waals surface area (Å²) in [7, 11) is 1.28. The maximum absolute atomic E-state index is 13.7. The van der Waals surface area contributed by atoms with Gasteiger partial charge in [-0.3, -0.25) is 14.5 Å². The zero-order chi connectivity index (χ0) is 23.2. The van der Waals surface area contributed by atoms with Crippen LogP contribution >= 0.6 is 0 Å². The van der Waals surface area contributed by atoms with Crippen LogP contribution < -0.4 is 4.90 Å². The van der Waals surface area contributed by atoms with E-state index >= 15 is 0 Å². The fraction of sp³-hybridized carbons (Fsp3) is 0.192. The molecule has 0 aliphatic carbocycles. The molecule has 7 heteroatoms. The third-order valence-corrected chi connectivity index (χ3v) is 6.47. The van der Waals surface area contributed by atoms with Crippen LogP contribution in [0.4, 0.5) is 5.69 Å². The number of carbonyl (C=O) groups is 3. The largest absolute Gasteiger partial charge is 0.467 e. The monoisotopic (exact) mass is 442 g/mol. The Labute approximate surface area is 190 Å². The van der Waals surface area contributed by atoms with Crippen LogP contribution in [0.5, 0.6) is 0 Å². The van der Waals surface area contributed by atoms with Gasteiger partial charge in [0.05, 0.1) is 12.8 Å². The predicted octanol–water partition coefficient (Wildman–Crippen LogP) is 2.39. The Hall–Kier alpha value is -3.97. The first kappa shape index (κ1) is 20.9. The first-order valence-corrected chi connectivity index (χ1v) is 10.6. The molecule has 1 saturated heterocycles. The van der Waals surface area contributed by atoms with Crippen molar-refractivity contribution in [2.45, 2.75) is 17.7 Å². The van der Waals surface area contributed by atoms with E-state index in [9.17, 15) is 19.5 Å². The van der Waals surface area contributed by atoms with Crippen LogP contribution in [0.1, 0.15) is 22.7 Å². The van der Waals surface area contributed by atoms with Gasteiger partial charge in [0.25, 0.3) is 5.91 Å². The summed E-state index contributed by atoms with van der Waals surface area (Å²) in [5, 5.41) is 11.1. The zero-order valence-corrected chi connectivity index (χ0v) is 17.9. The van der Waals surface area contributed by atoms with Gasteiger partial charge in [0, 0.05) is 5.56 Å². The summed E-state index contributed by atoms with van der Waals surface area (Å²) in [5.41, 5.74) is 1.04. The number of β-lactam (4-membered cyclic amide) rings is 1. The number of rotatable bonds is 4. The van der Waals surface area contributed by atoms with E-state index in [1.54, 1.807) is 48.5 Å². The molecule has 1 N–H and O–H groups in total. The summed E-state index contributed by atoms with van der Waals surface area (Å²) in [5.74, 6) is -1.58. The molecule has 0 bridgehead atoms. The lowest BCUT2D eigenvalue weighted by molar-refractivity contribution is -0.181. The van der Waals surface area contributed by atoms with Crippen molar-refractivity contribution in [2.75, 3.05) is 18.6 Å². The van der Waals surface area contributed by atoms with Crippen molar-refractivity contribution in [1.29, 1.82) is 0 Å². The molecule has 2 heterocycles. The maximum Gasteiger partial charge on any atom is 0.333 e. The summed E-state index contributed by atoms with van der Waals surface area (Å²) in [6, 6.07) is 24.1. The first-order chi connectivity index (χ1) is 16.0. The number of esters is 1. The van der Waals surface area contributed by atoms with E-state index in [0.29, 0.717) is 22.4 Å². The minimum Gasteiger partial charge on any atom is -0.467 e. The fourth-order valence-corrected chi connectivity index (χ4v) is 5.01. The zero-order valence-electron chi connectivity index (χ0n) is 17.9. The van der Waals surface area contributed by atoms with Crippen molar-refractivity contribution in [3.63, 3.8) is 0 Å². The summed E-state index contributed by atoms with van der Waals surface area (Å²) in [4.78, 5) is 42.3. The number of methoxy groups -OCH3 is 1. The number of fused-ring (bicyclic) bond motifs is 3. The summed E-state index contributed by atoms with van der Waals surface area (Å²) >= 11 is 0. The second-order valence-electron chi connectivity index (χ2n) is 8.08. The van der Waals surface area contributed by atoms with Gasteiger partial charge in [0.15, 0.2) is 12.1 Å². The van der Waals surface area contributed by atoms with E-state index in [-0.39, 0.29) is 6.54 Å². The molecule has 33 heavy (non-hydrogen) atoms. The van der Waals surface area contributed by atoms with Gasteiger partial charge in [0.2, 0.25) is 5.91 Å². The lowest BCUT2D eigenvalue weighted by Gasteiger charge is -2.54. The minimum absolute atomic E-state index is 0.292. The first-order valence-electron chi connectivity index (χ1n) is 10.6. The number of benzene rings is 3. The Morgan fingerprint density at radius 2 is 1.58 bits per heavy atom. The van der Waals surface area contributed by atoms with Gasteiger partial charge in [-0.05, 0) is 17.2 Å². The summed E-state index contributed by atoms with van der Waals surface area (Å²) in [6.07, 6.45) is -1.36. The van der Waals surface area contributed by atoms with Crippen LogP contribution in [0.25, 0.3) is 0 Å². The number of amides is 2. The molecule has 3 aromatic carbocycles. The van der Waals surface area contributed by atoms with Crippen LogP contribution in [0.2, 0.25) is 0 Å². The lowest BCUT2D eigenvalue weighted by atomic mass is 9.69. The standard InChI is InChI=1S/C26H22N2O5/c1-33-25(32)22(17-10-4-2-5-11-17)28-20-15-9-8-14-19(20)26(18-12-6-3-7-13-18)23(30)24(31)27(26)16-21(28)29/h2-15,22-23,30H,16H2,1H3/t22-,23-,26+/m1/s1. The third kappa shape index (κ3) is 2.89. The van der Waals surface area contributed by atoms with Crippen molar-refractivity contribution in [3.8, 4) is 0 Å². The van der Waals surface area contributed by atoms with Crippen molar-refractivity contribution in [2.24, 2.45) is 0 Å². The molecule has 5 rings (SSSR count). The van der Waals surface area contributed by atoms with Gasteiger partial charge >= 0.3 is 5.97 Å². The van der Waals surface area contributed by atoms with Gasteiger partial charge in [-0.15, -0.1) is 0 Å². The van der Waals surface area contributed by atoms with E-state index in [0.717, 1.165) is 0 Å². The Morgan fingerprint density at radius 1 is 0.970 bits per heavy atom. The molecule has 0 saturated carbocycles. The van der Waals surface area contributed by atoms with Gasteiger partial charge in [-0.1, -0.05) is 78.9 Å². The molecule has 3 atom stereocenters. The quantitative estimate of drug-likeness (QED) is 0.495. The number of hydrogen-bond donors (Lipinski definition) is 1. The third-order valence-electron chi connectivity index (χ3n) is 6.47. The van der Waals surface area contributed by atoms with Gasteiger partial charge in [0.1, 0.15) is 12.1 Å². The second-order valence-corrected chi connectivity index (χ2v) is 8.08. The molecule has 166 valence electrons. The fourth-order valence-electron chi connectivity index (χ4n) is 5.01. The summed E-state index contributed by atoms with van der Waals surface area (Å²) in [6.45, 7) is -0.292. The highest BCUT2D eigenvalue weighted by Crippen LogP contribution is 2.52. The van der Waals surface area contributed by atoms with Crippen molar-refractivity contribution in [1.82, 2.24) is 4.90 Å². The predicted molar refractivity (Wildman–Crippen MR) is 120 cm³/mol. The summed E-state index contributed by atoms with van der Waals surface area (Å²) < 4.78 is 5.08. The molecule has 3 aromatic rings. The Bertz CT molecular complexity index is 1230. The van der Waals surface area contributed by atoms with Crippen LogP contribution in [0.15, 0.2) is 84.9 Å². The Kier molecular flexibility index (Phi) is 4.98. The van der Waals surface area contributed by atoms with Crippen LogP contribution in [0, 0.1) is 0 Å². The highest BCUT2D eigenvalue weighted by Gasteiger charge is 2.64. The second kappa shape index (κ2) is 7.86. The molecule has 2 amide bonds.